The summed E-state index contributed by atoms with van der Waals surface area (Å²) in [6.07, 6.45) is 0. The van der Waals surface area contributed by atoms with Gasteiger partial charge in [0.05, 0.1) is 5.69 Å². The Morgan fingerprint density at radius 1 is 1.42 bits per heavy atom. The standard InChI is InChI=1S/C6H7FN2O2S/c7-5-2-1-3-6(4-5)9-12(8,10)11/h1-4,9H,(H2,8,10,11). The summed E-state index contributed by atoms with van der Waals surface area (Å²) in [5.74, 6) is -0.524. The maximum atomic E-state index is 12.5. The van der Waals surface area contributed by atoms with Gasteiger partial charge in [-0.15, -0.1) is 0 Å². The highest BCUT2D eigenvalue weighted by molar-refractivity contribution is 7.90. The highest BCUT2D eigenvalue weighted by Crippen LogP contribution is 2.09. The number of nitrogens with two attached hydrogens (primary N) is 1. The Labute approximate surface area is 69.4 Å². The molecule has 0 aromatic heterocycles. The van der Waals surface area contributed by atoms with Gasteiger partial charge >= 0.3 is 0 Å². The molecule has 12 heavy (non-hydrogen) atoms. The lowest BCUT2D eigenvalue weighted by Crippen LogP contribution is -2.21. The van der Waals surface area contributed by atoms with Crippen molar-refractivity contribution in [2.75, 3.05) is 4.72 Å². The molecule has 0 saturated carbocycles. The zero-order valence-corrected chi connectivity index (χ0v) is 6.81. The third kappa shape index (κ3) is 2.85. The monoisotopic (exact) mass is 190 g/mol. The van der Waals surface area contributed by atoms with E-state index in [1.165, 1.54) is 18.2 Å². The smallest absolute Gasteiger partial charge is 0.271 e. The normalized spacial score (nSPS) is 11.2. The first-order chi connectivity index (χ1) is 5.47. The Hall–Kier alpha value is -1.14. The van der Waals surface area contributed by atoms with Crippen LogP contribution in [0.5, 0.6) is 0 Å². The van der Waals surface area contributed by atoms with Crippen LogP contribution in [0.25, 0.3) is 0 Å². The predicted molar refractivity (Wildman–Crippen MR) is 43.1 cm³/mol. The average Bonchev–Trinajstić information content (AvgIpc) is 1.82. The lowest BCUT2D eigenvalue weighted by molar-refractivity contribution is 0.602. The maximum absolute atomic E-state index is 12.5. The molecule has 0 aliphatic heterocycles. The molecule has 1 aromatic rings. The van der Waals surface area contributed by atoms with Crippen LogP contribution in [0.2, 0.25) is 0 Å². The molecule has 0 atom stereocenters. The second-order valence-corrected chi connectivity index (χ2v) is 3.45. The zero-order chi connectivity index (χ0) is 9.19. The molecule has 0 spiro atoms. The van der Waals surface area contributed by atoms with Gasteiger partial charge in [-0.3, -0.25) is 4.72 Å². The van der Waals surface area contributed by atoms with Crippen molar-refractivity contribution in [3.8, 4) is 0 Å². The number of halogens is 1. The largest absolute Gasteiger partial charge is 0.296 e. The van der Waals surface area contributed by atoms with Crippen molar-refractivity contribution >= 4 is 15.9 Å². The molecule has 0 amide bonds. The van der Waals surface area contributed by atoms with Crippen molar-refractivity contribution in [2.45, 2.75) is 0 Å². The van der Waals surface area contributed by atoms with E-state index >= 15 is 0 Å². The molecule has 0 fully saturated rings. The number of rotatable bonds is 2. The summed E-state index contributed by atoms with van der Waals surface area (Å²) >= 11 is 0. The number of hydrogen-bond donors (Lipinski definition) is 2. The van der Waals surface area contributed by atoms with Crippen LogP contribution in [0.15, 0.2) is 24.3 Å². The van der Waals surface area contributed by atoms with Crippen LogP contribution in [0.4, 0.5) is 10.1 Å². The molecule has 0 aliphatic rings. The van der Waals surface area contributed by atoms with Gasteiger partial charge in [0, 0.05) is 0 Å². The quantitative estimate of drug-likeness (QED) is 0.710. The molecule has 1 rings (SSSR count). The zero-order valence-electron chi connectivity index (χ0n) is 5.99. The third-order valence-corrected chi connectivity index (χ3v) is 1.60. The van der Waals surface area contributed by atoms with Gasteiger partial charge in [0.25, 0.3) is 10.2 Å². The second kappa shape index (κ2) is 3.08. The average molecular weight is 190 g/mol. The summed E-state index contributed by atoms with van der Waals surface area (Å²) in [5, 5.41) is 4.66. The topological polar surface area (TPSA) is 72.2 Å². The van der Waals surface area contributed by atoms with E-state index in [9.17, 15) is 12.8 Å². The fraction of sp³-hybridized carbons (Fsp3) is 0. The van der Waals surface area contributed by atoms with Crippen LogP contribution in [0.3, 0.4) is 0 Å². The molecule has 0 saturated heterocycles. The molecule has 66 valence electrons. The molecular formula is C6H7FN2O2S. The van der Waals surface area contributed by atoms with E-state index in [0.717, 1.165) is 6.07 Å². The summed E-state index contributed by atoms with van der Waals surface area (Å²) in [4.78, 5) is 0. The second-order valence-electron chi connectivity index (χ2n) is 2.16. The Kier molecular flexibility index (Phi) is 2.30. The Morgan fingerprint density at radius 2 is 2.08 bits per heavy atom. The molecule has 0 heterocycles. The SMILES string of the molecule is NS(=O)(=O)Nc1cccc(F)c1. The summed E-state index contributed by atoms with van der Waals surface area (Å²) in [7, 11) is -3.81. The van der Waals surface area contributed by atoms with Gasteiger partial charge in [-0.25, -0.2) is 9.53 Å². The number of benzene rings is 1. The first kappa shape index (κ1) is 8.95. The molecule has 0 radical (unpaired) electrons. The number of nitrogens with one attached hydrogen (secondary N) is 1. The van der Waals surface area contributed by atoms with Crippen molar-refractivity contribution in [1.29, 1.82) is 0 Å². The lowest BCUT2D eigenvalue weighted by atomic mass is 10.3. The van der Waals surface area contributed by atoms with E-state index in [4.69, 9.17) is 0 Å². The van der Waals surface area contributed by atoms with Crippen LogP contribution in [-0.2, 0) is 10.2 Å². The van der Waals surface area contributed by atoms with E-state index in [-0.39, 0.29) is 5.69 Å². The van der Waals surface area contributed by atoms with E-state index in [1.54, 1.807) is 0 Å². The van der Waals surface area contributed by atoms with Gasteiger partial charge in [-0.1, -0.05) is 6.07 Å². The Bertz CT molecular complexity index is 377. The van der Waals surface area contributed by atoms with Crippen LogP contribution < -0.4 is 9.86 Å². The van der Waals surface area contributed by atoms with Crippen LogP contribution >= 0.6 is 0 Å². The third-order valence-electron chi connectivity index (χ3n) is 1.08. The minimum Gasteiger partial charge on any atom is -0.271 e. The van der Waals surface area contributed by atoms with Crippen molar-refractivity contribution in [2.24, 2.45) is 5.14 Å². The van der Waals surface area contributed by atoms with Gasteiger partial charge in [0.1, 0.15) is 5.82 Å². The van der Waals surface area contributed by atoms with Crippen molar-refractivity contribution in [1.82, 2.24) is 0 Å². The molecule has 6 heteroatoms. The van der Waals surface area contributed by atoms with E-state index in [2.05, 4.69) is 5.14 Å². The first-order valence-corrected chi connectivity index (χ1v) is 4.58. The first-order valence-electron chi connectivity index (χ1n) is 3.03. The summed E-state index contributed by atoms with van der Waals surface area (Å²) < 4.78 is 35.3. The molecule has 0 unspecified atom stereocenters. The highest BCUT2D eigenvalue weighted by atomic mass is 32.2. The summed E-state index contributed by atoms with van der Waals surface area (Å²) in [6.45, 7) is 0. The van der Waals surface area contributed by atoms with Gasteiger partial charge < -0.3 is 0 Å². The van der Waals surface area contributed by atoms with Gasteiger partial charge in [0.15, 0.2) is 0 Å². The number of hydrogen-bond acceptors (Lipinski definition) is 2. The Morgan fingerprint density at radius 3 is 2.58 bits per heavy atom. The maximum Gasteiger partial charge on any atom is 0.296 e. The summed E-state index contributed by atoms with van der Waals surface area (Å²) in [5.41, 5.74) is 0.109. The molecule has 0 aliphatic carbocycles. The minimum absolute atomic E-state index is 0.109. The van der Waals surface area contributed by atoms with Gasteiger partial charge in [0.2, 0.25) is 0 Å². The fourth-order valence-corrected chi connectivity index (χ4v) is 1.17. The number of anilines is 1. The molecular weight excluding hydrogens is 183 g/mol. The molecule has 4 nitrogen and oxygen atoms in total. The van der Waals surface area contributed by atoms with E-state index in [1.807, 2.05) is 4.72 Å². The van der Waals surface area contributed by atoms with E-state index < -0.39 is 16.0 Å². The predicted octanol–water partition coefficient (Wildman–Crippen LogP) is 0.441. The van der Waals surface area contributed by atoms with Crippen molar-refractivity contribution in [3.05, 3.63) is 30.1 Å². The summed E-state index contributed by atoms with van der Waals surface area (Å²) in [6, 6.07) is 5.01. The molecule has 1 aromatic carbocycles. The van der Waals surface area contributed by atoms with Crippen LogP contribution in [0, 0.1) is 5.82 Å². The van der Waals surface area contributed by atoms with Crippen molar-refractivity contribution in [3.63, 3.8) is 0 Å². The van der Waals surface area contributed by atoms with Crippen LogP contribution in [0.1, 0.15) is 0 Å². The van der Waals surface area contributed by atoms with Gasteiger partial charge in [-0.05, 0) is 18.2 Å². The minimum atomic E-state index is -3.81. The van der Waals surface area contributed by atoms with Crippen molar-refractivity contribution < 1.29 is 12.8 Å². The van der Waals surface area contributed by atoms with Gasteiger partial charge in [-0.2, -0.15) is 8.42 Å². The lowest BCUT2D eigenvalue weighted by Gasteiger charge is -2.01. The molecule has 3 N–H and O–H groups in total. The van der Waals surface area contributed by atoms with Crippen LogP contribution in [-0.4, -0.2) is 8.42 Å². The molecule has 0 bridgehead atoms. The highest BCUT2D eigenvalue weighted by Gasteiger charge is 2.01. The fourth-order valence-electron chi connectivity index (χ4n) is 0.716. The Balaban J connectivity index is 2.91. The van der Waals surface area contributed by atoms with E-state index in [0.29, 0.717) is 0 Å².